The van der Waals surface area contributed by atoms with Crippen molar-refractivity contribution in [1.82, 2.24) is 15.3 Å². The highest BCUT2D eigenvalue weighted by Gasteiger charge is 2.41. The number of alkyl halides is 3. The normalized spacial score (nSPS) is 29.9. The van der Waals surface area contributed by atoms with Gasteiger partial charge in [-0.1, -0.05) is 0 Å². The van der Waals surface area contributed by atoms with Crippen molar-refractivity contribution in [3.8, 4) is 0 Å². The summed E-state index contributed by atoms with van der Waals surface area (Å²) in [6, 6.07) is 0.479. The molecule has 0 aromatic carbocycles. The molecule has 0 unspecified atom stereocenters. The van der Waals surface area contributed by atoms with E-state index in [9.17, 15) is 13.2 Å². The summed E-state index contributed by atoms with van der Waals surface area (Å²) in [5.41, 5.74) is -0.291. The van der Waals surface area contributed by atoms with Crippen molar-refractivity contribution < 1.29 is 13.2 Å². The first-order chi connectivity index (χ1) is 9.02. The highest BCUT2D eigenvalue weighted by Crippen LogP contribution is 2.44. The largest absolute Gasteiger partial charge is 0.434 e. The van der Waals surface area contributed by atoms with Gasteiger partial charge in [0.25, 0.3) is 0 Å². The molecule has 19 heavy (non-hydrogen) atoms. The Hall–Kier alpha value is -1.17. The molecule has 3 atom stereocenters. The maximum atomic E-state index is 12.3. The summed E-state index contributed by atoms with van der Waals surface area (Å²) in [6.45, 7) is 1.09. The van der Waals surface area contributed by atoms with Crippen LogP contribution >= 0.6 is 0 Å². The number of aryl methyl sites for hydroxylation is 1. The number of fused-ring (bicyclic) bond motifs is 1. The average Bonchev–Trinajstić information content (AvgIpc) is 3.14. The standard InChI is InChI=1S/C13H16F3N3/c14-13(15,16)12-7-18-11(6-19-12)2-1-10-4-8-3-9(8)5-17-10/h6-10,17H,1-5H2/t8-,9+,10+/m0/s1. The van der Waals surface area contributed by atoms with E-state index >= 15 is 0 Å². The zero-order valence-corrected chi connectivity index (χ0v) is 10.5. The molecule has 0 radical (unpaired) electrons. The number of nitrogens with zero attached hydrogens (tertiary/aromatic N) is 2. The summed E-state index contributed by atoms with van der Waals surface area (Å²) in [4.78, 5) is 7.28. The molecule has 2 heterocycles. The fraction of sp³-hybridized carbons (Fsp3) is 0.692. The van der Waals surface area contributed by atoms with Gasteiger partial charge in [-0.3, -0.25) is 4.98 Å². The van der Waals surface area contributed by atoms with Crippen molar-refractivity contribution in [2.24, 2.45) is 11.8 Å². The van der Waals surface area contributed by atoms with Crippen LogP contribution in [0.25, 0.3) is 0 Å². The quantitative estimate of drug-likeness (QED) is 0.917. The summed E-state index contributed by atoms with van der Waals surface area (Å²) in [7, 11) is 0. The van der Waals surface area contributed by atoms with E-state index < -0.39 is 11.9 Å². The van der Waals surface area contributed by atoms with E-state index in [0.717, 1.165) is 31.0 Å². The number of halogens is 3. The number of nitrogens with one attached hydrogen (secondary N) is 1. The van der Waals surface area contributed by atoms with Gasteiger partial charge >= 0.3 is 6.18 Å². The molecule has 3 nitrogen and oxygen atoms in total. The van der Waals surface area contributed by atoms with Crippen molar-refractivity contribution in [3.63, 3.8) is 0 Å². The van der Waals surface area contributed by atoms with E-state index in [1.54, 1.807) is 0 Å². The molecule has 1 aliphatic heterocycles. The van der Waals surface area contributed by atoms with Crippen molar-refractivity contribution in [2.45, 2.75) is 37.9 Å². The Bertz CT molecular complexity index is 443. The molecule has 2 fully saturated rings. The number of aromatic nitrogens is 2. The second-order valence-corrected chi connectivity index (χ2v) is 5.53. The minimum absolute atomic E-state index is 0.479. The Balaban J connectivity index is 1.52. The summed E-state index contributed by atoms with van der Waals surface area (Å²) in [5.74, 6) is 1.76. The molecule has 1 aliphatic carbocycles. The zero-order chi connectivity index (χ0) is 13.5. The highest BCUT2D eigenvalue weighted by atomic mass is 19.4. The minimum Gasteiger partial charge on any atom is -0.314 e. The second kappa shape index (κ2) is 4.74. The number of hydrogen-bond donors (Lipinski definition) is 1. The van der Waals surface area contributed by atoms with Gasteiger partial charge in [-0.2, -0.15) is 13.2 Å². The van der Waals surface area contributed by atoms with Crippen molar-refractivity contribution >= 4 is 0 Å². The number of hydrogen-bond acceptors (Lipinski definition) is 3. The zero-order valence-electron chi connectivity index (χ0n) is 10.5. The molecule has 0 spiro atoms. The van der Waals surface area contributed by atoms with E-state index in [-0.39, 0.29) is 0 Å². The highest BCUT2D eigenvalue weighted by molar-refractivity contribution is 5.06. The first kappa shape index (κ1) is 12.8. The van der Waals surface area contributed by atoms with Gasteiger partial charge in [-0.25, -0.2) is 4.98 Å². The van der Waals surface area contributed by atoms with Gasteiger partial charge in [-0.15, -0.1) is 0 Å². The smallest absolute Gasteiger partial charge is 0.314 e. The van der Waals surface area contributed by atoms with Crippen LogP contribution in [0.15, 0.2) is 12.4 Å². The van der Waals surface area contributed by atoms with Gasteiger partial charge < -0.3 is 5.32 Å². The van der Waals surface area contributed by atoms with E-state index in [1.165, 1.54) is 19.0 Å². The van der Waals surface area contributed by atoms with Crippen LogP contribution in [-0.4, -0.2) is 22.6 Å². The lowest BCUT2D eigenvalue weighted by atomic mass is 9.99. The van der Waals surface area contributed by atoms with Crippen LogP contribution in [0.1, 0.15) is 30.7 Å². The van der Waals surface area contributed by atoms with Crippen LogP contribution in [0.3, 0.4) is 0 Å². The monoisotopic (exact) mass is 271 g/mol. The molecule has 2 aliphatic rings. The molecule has 1 saturated carbocycles. The summed E-state index contributed by atoms with van der Waals surface area (Å²) in [5, 5.41) is 3.49. The van der Waals surface area contributed by atoms with E-state index in [2.05, 4.69) is 15.3 Å². The predicted molar refractivity (Wildman–Crippen MR) is 63.4 cm³/mol. The van der Waals surface area contributed by atoms with E-state index in [4.69, 9.17) is 0 Å². The Morgan fingerprint density at radius 1 is 1.16 bits per heavy atom. The number of rotatable bonds is 3. The summed E-state index contributed by atoms with van der Waals surface area (Å²) >= 11 is 0. The second-order valence-electron chi connectivity index (χ2n) is 5.53. The van der Waals surface area contributed by atoms with Gasteiger partial charge in [0.1, 0.15) is 0 Å². The molecule has 1 N–H and O–H groups in total. The van der Waals surface area contributed by atoms with Gasteiger partial charge in [-0.05, 0) is 44.1 Å². The lowest BCUT2D eigenvalue weighted by molar-refractivity contribution is -0.141. The van der Waals surface area contributed by atoms with Gasteiger partial charge in [0.2, 0.25) is 0 Å². The Morgan fingerprint density at radius 2 is 2.00 bits per heavy atom. The molecule has 1 aromatic heterocycles. The Labute approximate surface area is 109 Å². The molecule has 6 heteroatoms. The third kappa shape index (κ3) is 3.05. The van der Waals surface area contributed by atoms with Crippen LogP contribution < -0.4 is 5.32 Å². The fourth-order valence-electron chi connectivity index (χ4n) is 2.79. The van der Waals surface area contributed by atoms with Crippen LogP contribution in [0.4, 0.5) is 13.2 Å². The molecule has 0 bridgehead atoms. The van der Waals surface area contributed by atoms with E-state index in [1.807, 2.05) is 0 Å². The molecule has 0 amide bonds. The fourth-order valence-corrected chi connectivity index (χ4v) is 2.79. The predicted octanol–water partition coefficient (Wildman–Crippen LogP) is 2.43. The molecule has 3 rings (SSSR count). The summed E-state index contributed by atoms with van der Waals surface area (Å²) < 4.78 is 37.0. The van der Waals surface area contributed by atoms with Crippen LogP contribution in [0, 0.1) is 11.8 Å². The molecular weight excluding hydrogens is 255 g/mol. The molecule has 104 valence electrons. The van der Waals surface area contributed by atoms with Crippen LogP contribution in [-0.2, 0) is 12.6 Å². The minimum atomic E-state index is -4.41. The molecule has 1 saturated heterocycles. The lowest BCUT2D eigenvalue weighted by Gasteiger charge is -2.22. The Kier molecular flexibility index (Phi) is 3.20. The first-order valence-corrected chi connectivity index (χ1v) is 6.64. The van der Waals surface area contributed by atoms with E-state index in [0.29, 0.717) is 18.2 Å². The molecular formula is C13H16F3N3. The first-order valence-electron chi connectivity index (χ1n) is 6.64. The molecule has 1 aromatic rings. The Morgan fingerprint density at radius 3 is 2.63 bits per heavy atom. The maximum Gasteiger partial charge on any atom is 0.434 e. The lowest BCUT2D eigenvalue weighted by Crippen LogP contribution is -2.35. The van der Waals surface area contributed by atoms with Crippen molar-refractivity contribution in [3.05, 3.63) is 23.8 Å². The summed E-state index contributed by atoms with van der Waals surface area (Å²) in [6.07, 6.45) is 1.79. The van der Waals surface area contributed by atoms with Gasteiger partial charge in [0.15, 0.2) is 5.69 Å². The van der Waals surface area contributed by atoms with Gasteiger partial charge in [0.05, 0.1) is 11.9 Å². The van der Waals surface area contributed by atoms with Crippen LogP contribution in [0.2, 0.25) is 0 Å². The topological polar surface area (TPSA) is 37.8 Å². The van der Waals surface area contributed by atoms with Crippen molar-refractivity contribution in [2.75, 3.05) is 6.54 Å². The van der Waals surface area contributed by atoms with Crippen LogP contribution in [0.5, 0.6) is 0 Å². The third-order valence-electron chi connectivity index (χ3n) is 4.07. The number of piperidine rings is 1. The third-order valence-corrected chi connectivity index (χ3v) is 4.07. The average molecular weight is 271 g/mol. The van der Waals surface area contributed by atoms with Gasteiger partial charge in [0, 0.05) is 12.2 Å². The SMILES string of the molecule is FC(F)(F)c1cnc(CC[C@@H]2C[C@@H]3C[C@@H]3CN2)cn1. The maximum absolute atomic E-state index is 12.3. The van der Waals surface area contributed by atoms with Crippen molar-refractivity contribution in [1.29, 1.82) is 0 Å².